The number of morpholine rings is 1. The summed E-state index contributed by atoms with van der Waals surface area (Å²) < 4.78 is 11.1. The van der Waals surface area contributed by atoms with Crippen LogP contribution in [0.3, 0.4) is 0 Å². The Balaban J connectivity index is 0.00000133. The van der Waals surface area contributed by atoms with Crippen LogP contribution in [0.4, 0.5) is 5.69 Å². The van der Waals surface area contributed by atoms with Gasteiger partial charge in [-0.05, 0) is 55.0 Å². The first kappa shape index (κ1) is 37.6. The number of amides is 4. The highest BCUT2D eigenvalue weighted by atomic mass is 16.5. The summed E-state index contributed by atoms with van der Waals surface area (Å²) in [5.74, 6) is -2.44. The van der Waals surface area contributed by atoms with Gasteiger partial charge in [0.15, 0.2) is 5.69 Å². The van der Waals surface area contributed by atoms with Gasteiger partial charge in [0, 0.05) is 44.2 Å². The number of ether oxygens (including phenoxy) is 1. The number of anilines is 1. The molecule has 268 valence electrons. The zero-order chi connectivity index (χ0) is 36.0. The van der Waals surface area contributed by atoms with Crippen LogP contribution in [0.2, 0.25) is 0 Å². The first-order valence-corrected chi connectivity index (χ1v) is 16.8. The van der Waals surface area contributed by atoms with Gasteiger partial charge in [0.25, 0.3) is 17.8 Å². The van der Waals surface area contributed by atoms with Gasteiger partial charge in [0.1, 0.15) is 24.4 Å². The maximum atomic E-state index is 13.8. The molecule has 14 nitrogen and oxygen atoms in total. The quantitative estimate of drug-likeness (QED) is 0.257. The molecule has 0 radical (unpaired) electrons. The standard InChI is InChI=1S/C34H42N6O6.C2H4O2/c1-22(2)29-34-38-28(21-46-34)31(42)35-15-7-6-10-26(32(43)37-27(33(44)39-29)20-23-8-4-3-5-9-23)36-30(41)24-11-13-25(14-12-24)40-16-18-45-19-17-40;1-2(3)4/h3-5,8-9,11-14,21-22,26-27,29H,6-7,10,15-20H2,1-2H3,(H,35,42)(H,36,41)(H,37,43)(H,39,44);1H3,(H,3,4)/t26-,27-,29-;/m0./s1. The van der Waals surface area contributed by atoms with E-state index in [1.165, 1.54) is 6.26 Å². The molecule has 0 saturated carbocycles. The topological polar surface area (TPSA) is 192 Å². The van der Waals surface area contributed by atoms with E-state index in [0.717, 1.165) is 31.3 Å². The Kier molecular flexibility index (Phi) is 13.9. The summed E-state index contributed by atoms with van der Waals surface area (Å²) in [5.41, 5.74) is 2.40. The number of hydrogen-bond donors (Lipinski definition) is 5. The number of hydrogen-bond acceptors (Lipinski definition) is 9. The molecule has 1 fully saturated rings. The van der Waals surface area contributed by atoms with E-state index in [1.54, 1.807) is 12.1 Å². The Bertz CT molecular complexity index is 1580. The lowest BCUT2D eigenvalue weighted by Gasteiger charge is -2.29. The number of aromatic nitrogens is 1. The number of carbonyl (C=O) groups excluding carboxylic acids is 4. The molecule has 3 aromatic rings. The normalized spacial score (nSPS) is 20.4. The van der Waals surface area contributed by atoms with Gasteiger partial charge in [-0.25, -0.2) is 4.98 Å². The number of nitrogens with one attached hydrogen (secondary N) is 4. The predicted octanol–water partition coefficient (Wildman–Crippen LogP) is 2.86. The van der Waals surface area contributed by atoms with E-state index in [-0.39, 0.29) is 35.7 Å². The largest absolute Gasteiger partial charge is 0.481 e. The van der Waals surface area contributed by atoms with Crippen molar-refractivity contribution < 1.29 is 38.2 Å². The number of carbonyl (C=O) groups is 5. The van der Waals surface area contributed by atoms with Crippen LogP contribution in [-0.2, 0) is 25.5 Å². The molecule has 3 atom stereocenters. The molecule has 0 unspecified atom stereocenters. The molecule has 2 aromatic carbocycles. The molecule has 5 rings (SSSR count). The minimum Gasteiger partial charge on any atom is -0.481 e. The van der Waals surface area contributed by atoms with Crippen molar-refractivity contribution in [2.75, 3.05) is 37.7 Å². The van der Waals surface area contributed by atoms with Crippen molar-refractivity contribution >= 4 is 35.3 Å². The summed E-state index contributed by atoms with van der Waals surface area (Å²) in [6, 6.07) is 14.2. The summed E-state index contributed by atoms with van der Waals surface area (Å²) in [7, 11) is 0. The molecule has 4 amide bonds. The fraction of sp³-hybridized carbons (Fsp3) is 0.444. The van der Waals surface area contributed by atoms with E-state index in [2.05, 4.69) is 31.2 Å². The minimum atomic E-state index is -0.950. The van der Waals surface area contributed by atoms with E-state index in [1.807, 2.05) is 56.3 Å². The van der Waals surface area contributed by atoms with Crippen molar-refractivity contribution in [3.05, 3.63) is 83.6 Å². The SMILES string of the molecule is CC(=O)O.CC(C)[C@@H]1NC(=O)[C@H](Cc2ccccc2)NC(=O)[C@@H](NC(=O)c2ccc(N3CCOCC3)cc2)CCCCNC(=O)c2coc1n2. The first-order valence-electron chi connectivity index (χ1n) is 16.8. The first-order chi connectivity index (χ1) is 24.0. The molecule has 1 aromatic heterocycles. The molecule has 0 aliphatic carbocycles. The second-order valence-corrected chi connectivity index (χ2v) is 12.5. The zero-order valence-electron chi connectivity index (χ0n) is 28.6. The van der Waals surface area contributed by atoms with Crippen molar-refractivity contribution in [2.24, 2.45) is 5.92 Å². The van der Waals surface area contributed by atoms with Crippen LogP contribution in [0.1, 0.15) is 78.4 Å². The molecular weight excluding hydrogens is 644 g/mol. The van der Waals surface area contributed by atoms with Crippen LogP contribution in [0.25, 0.3) is 0 Å². The molecule has 2 aliphatic heterocycles. The molecule has 3 heterocycles. The number of benzene rings is 2. The third-order valence-electron chi connectivity index (χ3n) is 8.23. The van der Waals surface area contributed by atoms with E-state index >= 15 is 0 Å². The number of fused-ring (bicyclic) bond motifs is 2. The van der Waals surface area contributed by atoms with Gasteiger partial charge in [-0.15, -0.1) is 0 Å². The van der Waals surface area contributed by atoms with Gasteiger partial charge >= 0.3 is 0 Å². The highest BCUT2D eigenvalue weighted by Gasteiger charge is 2.31. The lowest BCUT2D eigenvalue weighted by Crippen LogP contribution is -2.55. The maximum absolute atomic E-state index is 13.8. The van der Waals surface area contributed by atoms with Crippen LogP contribution >= 0.6 is 0 Å². The lowest BCUT2D eigenvalue weighted by atomic mass is 10.0. The predicted molar refractivity (Wildman–Crippen MR) is 185 cm³/mol. The van der Waals surface area contributed by atoms with Crippen LogP contribution < -0.4 is 26.2 Å². The average Bonchev–Trinajstić information content (AvgIpc) is 3.59. The third kappa shape index (κ3) is 11.2. The van der Waals surface area contributed by atoms with Gasteiger partial charge in [-0.2, -0.15) is 0 Å². The fourth-order valence-corrected chi connectivity index (χ4v) is 5.56. The minimum absolute atomic E-state index is 0.126. The molecule has 0 spiro atoms. The number of carboxylic acids is 1. The van der Waals surface area contributed by atoms with Crippen molar-refractivity contribution in [1.29, 1.82) is 0 Å². The smallest absolute Gasteiger partial charge is 0.300 e. The summed E-state index contributed by atoms with van der Waals surface area (Å²) >= 11 is 0. The summed E-state index contributed by atoms with van der Waals surface area (Å²) in [6.07, 6.45) is 2.91. The molecule has 50 heavy (non-hydrogen) atoms. The second-order valence-electron chi connectivity index (χ2n) is 12.5. The van der Waals surface area contributed by atoms with Crippen molar-refractivity contribution in [1.82, 2.24) is 26.3 Å². The summed E-state index contributed by atoms with van der Waals surface area (Å²) in [5, 5.41) is 19.0. The number of nitrogens with zero attached hydrogens (tertiary/aromatic N) is 2. The molecule has 5 N–H and O–H groups in total. The Morgan fingerprint density at radius 3 is 2.32 bits per heavy atom. The molecule has 14 heteroatoms. The Morgan fingerprint density at radius 2 is 1.66 bits per heavy atom. The van der Waals surface area contributed by atoms with Gasteiger partial charge in [0.2, 0.25) is 17.7 Å². The average molecular weight is 691 g/mol. The van der Waals surface area contributed by atoms with E-state index in [4.69, 9.17) is 19.1 Å². The monoisotopic (exact) mass is 690 g/mol. The van der Waals surface area contributed by atoms with Crippen LogP contribution in [-0.4, -0.2) is 84.6 Å². The molecule has 2 bridgehead atoms. The van der Waals surface area contributed by atoms with Gasteiger partial charge in [-0.1, -0.05) is 44.2 Å². The Labute approximate surface area is 291 Å². The lowest BCUT2D eigenvalue weighted by molar-refractivity contribution is -0.134. The third-order valence-corrected chi connectivity index (χ3v) is 8.23. The zero-order valence-corrected chi connectivity index (χ0v) is 28.6. The van der Waals surface area contributed by atoms with Crippen LogP contribution in [0.15, 0.2) is 65.3 Å². The number of rotatable bonds is 6. The molecular formula is C36H46N6O8. The van der Waals surface area contributed by atoms with E-state index < -0.39 is 35.9 Å². The number of oxazole rings is 1. The van der Waals surface area contributed by atoms with Crippen molar-refractivity contribution in [3.63, 3.8) is 0 Å². The number of carboxylic acid groups (broad SMARTS) is 1. The van der Waals surface area contributed by atoms with E-state index in [9.17, 15) is 19.2 Å². The maximum Gasteiger partial charge on any atom is 0.300 e. The van der Waals surface area contributed by atoms with Crippen LogP contribution in [0.5, 0.6) is 0 Å². The van der Waals surface area contributed by atoms with Crippen molar-refractivity contribution in [3.8, 4) is 0 Å². The van der Waals surface area contributed by atoms with E-state index in [0.29, 0.717) is 44.6 Å². The van der Waals surface area contributed by atoms with Crippen molar-refractivity contribution in [2.45, 2.75) is 64.6 Å². The number of aliphatic carboxylic acids is 1. The summed E-state index contributed by atoms with van der Waals surface area (Å²) in [4.78, 5) is 69.3. The molecule has 2 aliphatic rings. The molecule has 1 saturated heterocycles. The Morgan fingerprint density at radius 1 is 0.980 bits per heavy atom. The van der Waals surface area contributed by atoms with Crippen LogP contribution in [0, 0.1) is 5.92 Å². The van der Waals surface area contributed by atoms with Gasteiger partial charge in [0.05, 0.1) is 13.2 Å². The highest BCUT2D eigenvalue weighted by molar-refractivity contribution is 5.98. The highest BCUT2D eigenvalue weighted by Crippen LogP contribution is 2.22. The van der Waals surface area contributed by atoms with Gasteiger partial charge < -0.3 is 40.4 Å². The Hall–Kier alpha value is -5.24. The second kappa shape index (κ2) is 18.5. The summed E-state index contributed by atoms with van der Waals surface area (Å²) in [6.45, 7) is 8.11. The van der Waals surface area contributed by atoms with Gasteiger partial charge in [-0.3, -0.25) is 24.0 Å². The fourth-order valence-electron chi connectivity index (χ4n) is 5.56.